The SMILES string of the molecule is CS/C=C1\C(C)=[N+](CCC2C=CC(C)(C)C=C2)c2ccccc21. The first-order valence-electron chi connectivity index (χ1n) is 8.34. The molecule has 0 aromatic heterocycles. The average Bonchev–Trinajstić information content (AvgIpc) is 2.80. The standard InChI is InChI=1S/C21H26NS/c1-16-19(15-23-4)18-7-5-6-8-20(18)22(16)14-11-17-9-12-21(2,3)13-10-17/h5-10,12-13,15,17H,11,14H2,1-4H3/q+1/b19-15+. The molecule has 0 radical (unpaired) electrons. The third-order valence-electron chi connectivity index (χ3n) is 4.75. The van der Waals surface area contributed by atoms with Crippen molar-refractivity contribution in [2.24, 2.45) is 11.3 Å². The van der Waals surface area contributed by atoms with Gasteiger partial charge in [-0.15, -0.1) is 11.8 Å². The summed E-state index contributed by atoms with van der Waals surface area (Å²) >= 11 is 1.78. The Hall–Kier alpha value is -1.54. The molecule has 0 amide bonds. The Kier molecular flexibility index (Phi) is 4.63. The summed E-state index contributed by atoms with van der Waals surface area (Å²) in [7, 11) is 0. The highest BCUT2D eigenvalue weighted by Crippen LogP contribution is 2.36. The summed E-state index contributed by atoms with van der Waals surface area (Å²) in [6, 6.07) is 8.77. The molecule has 2 heteroatoms. The molecule has 1 heterocycles. The van der Waals surface area contributed by atoms with Gasteiger partial charge in [0.2, 0.25) is 5.69 Å². The van der Waals surface area contributed by atoms with E-state index in [1.807, 2.05) is 0 Å². The second kappa shape index (κ2) is 6.52. The molecule has 1 aliphatic carbocycles. The van der Waals surface area contributed by atoms with Gasteiger partial charge in [-0.2, -0.15) is 4.58 Å². The van der Waals surface area contributed by atoms with E-state index < -0.39 is 0 Å². The van der Waals surface area contributed by atoms with E-state index >= 15 is 0 Å². The topological polar surface area (TPSA) is 3.01 Å². The molecule has 1 aromatic carbocycles. The van der Waals surface area contributed by atoms with Crippen molar-refractivity contribution in [2.75, 3.05) is 12.8 Å². The van der Waals surface area contributed by atoms with Crippen LogP contribution >= 0.6 is 11.8 Å². The molecule has 1 aromatic rings. The highest BCUT2D eigenvalue weighted by molar-refractivity contribution is 8.01. The molecule has 0 N–H and O–H groups in total. The van der Waals surface area contributed by atoms with Gasteiger partial charge in [-0.1, -0.05) is 50.3 Å². The lowest BCUT2D eigenvalue weighted by atomic mass is 9.84. The van der Waals surface area contributed by atoms with Crippen LogP contribution in [0.2, 0.25) is 0 Å². The van der Waals surface area contributed by atoms with Crippen molar-refractivity contribution in [1.82, 2.24) is 0 Å². The largest absolute Gasteiger partial charge is 0.213 e. The first-order valence-corrected chi connectivity index (χ1v) is 9.63. The number of thioether (sulfide) groups is 1. The van der Waals surface area contributed by atoms with Crippen molar-refractivity contribution in [3.8, 4) is 0 Å². The van der Waals surface area contributed by atoms with Crippen LogP contribution in [0.3, 0.4) is 0 Å². The van der Waals surface area contributed by atoms with Crippen molar-refractivity contribution in [1.29, 1.82) is 0 Å². The first-order chi connectivity index (χ1) is 11.0. The maximum absolute atomic E-state index is 2.48. The number of nitrogens with zero attached hydrogens (tertiary/aromatic N) is 1. The molecule has 0 unspecified atom stereocenters. The summed E-state index contributed by atoms with van der Waals surface area (Å²) in [5, 5.41) is 2.27. The summed E-state index contributed by atoms with van der Waals surface area (Å²) < 4.78 is 2.48. The molecular formula is C21H26NS+. The Morgan fingerprint density at radius 3 is 2.57 bits per heavy atom. The molecule has 0 bridgehead atoms. The second-order valence-electron chi connectivity index (χ2n) is 7.01. The number of para-hydroxylation sites is 1. The third-order valence-corrected chi connectivity index (χ3v) is 5.22. The normalized spacial score (nSPS) is 21.3. The predicted molar refractivity (Wildman–Crippen MR) is 104 cm³/mol. The van der Waals surface area contributed by atoms with Crippen molar-refractivity contribution in [3.63, 3.8) is 0 Å². The summed E-state index contributed by atoms with van der Waals surface area (Å²) in [6.45, 7) is 7.82. The van der Waals surface area contributed by atoms with Crippen LogP contribution in [0.15, 0.2) is 54.0 Å². The van der Waals surface area contributed by atoms with Crippen LogP contribution in [0.4, 0.5) is 5.69 Å². The van der Waals surface area contributed by atoms with E-state index in [0.717, 1.165) is 13.0 Å². The second-order valence-corrected chi connectivity index (χ2v) is 7.72. The van der Waals surface area contributed by atoms with E-state index in [9.17, 15) is 0 Å². The van der Waals surface area contributed by atoms with Crippen LogP contribution in [0.1, 0.15) is 32.8 Å². The predicted octanol–water partition coefficient (Wildman–Crippen LogP) is 5.67. The monoisotopic (exact) mass is 324 g/mol. The highest BCUT2D eigenvalue weighted by Gasteiger charge is 2.31. The third kappa shape index (κ3) is 3.37. The molecule has 1 nitrogen and oxygen atoms in total. The van der Waals surface area contributed by atoms with Gasteiger partial charge in [-0.25, -0.2) is 0 Å². The fourth-order valence-electron chi connectivity index (χ4n) is 3.35. The van der Waals surface area contributed by atoms with E-state index in [1.54, 1.807) is 11.8 Å². The zero-order valence-corrected chi connectivity index (χ0v) is 15.4. The van der Waals surface area contributed by atoms with Crippen molar-refractivity contribution in [2.45, 2.75) is 27.2 Å². The average molecular weight is 325 g/mol. The number of fused-ring (bicyclic) bond motifs is 1. The quantitative estimate of drug-likeness (QED) is 0.509. The van der Waals surface area contributed by atoms with E-state index in [1.165, 1.54) is 22.5 Å². The number of allylic oxidation sites excluding steroid dienone is 5. The van der Waals surface area contributed by atoms with Gasteiger partial charge >= 0.3 is 0 Å². The molecule has 1 aliphatic heterocycles. The van der Waals surface area contributed by atoms with Crippen LogP contribution in [0, 0.1) is 11.3 Å². The zero-order valence-electron chi connectivity index (χ0n) is 14.5. The van der Waals surface area contributed by atoms with Crippen molar-refractivity contribution in [3.05, 3.63) is 59.5 Å². The van der Waals surface area contributed by atoms with Crippen LogP contribution in [-0.4, -0.2) is 23.1 Å². The molecular weight excluding hydrogens is 298 g/mol. The minimum Gasteiger partial charge on any atom is -0.195 e. The Labute approximate surface area is 144 Å². The van der Waals surface area contributed by atoms with E-state index in [0.29, 0.717) is 5.92 Å². The Bertz CT molecular complexity index is 703. The van der Waals surface area contributed by atoms with Gasteiger partial charge < -0.3 is 0 Å². The maximum atomic E-state index is 2.48. The van der Waals surface area contributed by atoms with E-state index in [4.69, 9.17) is 0 Å². The number of hydrogen-bond donors (Lipinski definition) is 0. The van der Waals surface area contributed by atoms with Gasteiger partial charge in [0, 0.05) is 30.7 Å². The van der Waals surface area contributed by atoms with Gasteiger partial charge in [0.25, 0.3) is 0 Å². The van der Waals surface area contributed by atoms with Gasteiger partial charge in [-0.05, 0) is 17.7 Å². The lowest BCUT2D eigenvalue weighted by Gasteiger charge is -2.21. The molecule has 0 saturated heterocycles. The molecule has 23 heavy (non-hydrogen) atoms. The fraction of sp³-hybridized carbons (Fsp3) is 0.381. The van der Waals surface area contributed by atoms with Gasteiger partial charge in [-0.3, -0.25) is 0 Å². The van der Waals surface area contributed by atoms with Crippen molar-refractivity contribution >= 4 is 28.7 Å². The van der Waals surface area contributed by atoms with Crippen LogP contribution < -0.4 is 0 Å². The van der Waals surface area contributed by atoms with Crippen LogP contribution in [-0.2, 0) is 0 Å². The minimum absolute atomic E-state index is 0.215. The molecule has 0 atom stereocenters. The molecule has 3 rings (SSSR count). The maximum Gasteiger partial charge on any atom is 0.213 e. The van der Waals surface area contributed by atoms with Gasteiger partial charge in [0.1, 0.15) is 6.54 Å². The smallest absolute Gasteiger partial charge is 0.195 e. The lowest BCUT2D eigenvalue weighted by molar-refractivity contribution is -0.438. The lowest BCUT2D eigenvalue weighted by Crippen LogP contribution is -2.16. The summed E-state index contributed by atoms with van der Waals surface area (Å²) in [5.74, 6) is 0.552. The Morgan fingerprint density at radius 2 is 1.87 bits per heavy atom. The molecule has 0 fully saturated rings. The minimum atomic E-state index is 0.215. The van der Waals surface area contributed by atoms with Gasteiger partial charge in [0.05, 0.1) is 11.1 Å². The van der Waals surface area contributed by atoms with Crippen LogP contribution in [0.25, 0.3) is 5.57 Å². The van der Waals surface area contributed by atoms with E-state index in [2.05, 4.69) is 85.6 Å². The van der Waals surface area contributed by atoms with E-state index in [-0.39, 0.29) is 5.41 Å². The Morgan fingerprint density at radius 1 is 1.17 bits per heavy atom. The zero-order chi connectivity index (χ0) is 16.4. The molecule has 0 spiro atoms. The number of rotatable bonds is 4. The van der Waals surface area contributed by atoms with Gasteiger partial charge in [0.15, 0.2) is 5.71 Å². The number of hydrogen-bond acceptors (Lipinski definition) is 1. The van der Waals surface area contributed by atoms with Crippen molar-refractivity contribution < 1.29 is 4.58 Å². The first kappa shape index (κ1) is 16.3. The summed E-state index contributed by atoms with van der Waals surface area (Å²) in [4.78, 5) is 0. The Balaban J connectivity index is 1.80. The summed E-state index contributed by atoms with van der Waals surface area (Å²) in [5.41, 5.74) is 5.70. The molecule has 120 valence electrons. The number of benzene rings is 1. The highest BCUT2D eigenvalue weighted by atomic mass is 32.2. The summed E-state index contributed by atoms with van der Waals surface area (Å²) in [6.07, 6.45) is 12.7. The molecule has 0 saturated carbocycles. The molecule has 2 aliphatic rings. The fourth-order valence-corrected chi connectivity index (χ4v) is 3.88. The van der Waals surface area contributed by atoms with Crippen LogP contribution in [0.5, 0.6) is 0 Å².